The Morgan fingerprint density at radius 1 is 1.19 bits per heavy atom. The van der Waals surface area contributed by atoms with E-state index in [2.05, 4.69) is 44.2 Å². The number of halogens is 1. The molecule has 4 rings (SSSR count). The molecule has 0 amide bonds. The van der Waals surface area contributed by atoms with Crippen molar-refractivity contribution in [3.05, 3.63) is 52.4 Å². The summed E-state index contributed by atoms with van der Waals surface area (Å²) >= 11 is 6.50. The molecule has 106 valence electrons. The number of rotatable bonds is 1. The molecule has 0 unspecified atom stereocenters. The van der Waals surface area contributed by atoms with Gasteiger partial charge in [0.15, 0.2) is 5.82 Å². The van der Waals surface area contributed by atoms with Crippen LogP contribution >= 0.6 is 11.6 Å². The summed E-state index contributed by atoms with van der Waals surface area (Å²) in [6, 6.07) is 8.53. The van der Waals surface area contributed by atoms with Crippen LogP contribution in [-0.2, 0) is 13.0 Å². The molecular formula is C15H14ClN5. The minimum Gasteiger partial charge on any atom is -0.350 e. The third-order valence-corrected chi connectivity index (χ3v) is 4.38. The Labute approximate surface area is 127 Å². The number of nitrogens with zero attached hydrogens (tertiary/aromatic N) is 5. The van der Waals surface area contributed by atoms with Crippen molar-refractivity contribution in [3.8, 4) is 0 Å². The van der Waals surface area contributed by atoms with Gasteiger partial charge in [0, 0.05) is 13.1 Å². The molecule has 3 heterocycles. The minimum absolute atomic E-state index is 0.589. The van der Waals surface area contributed by atoms with Crippen LogP contribution in [0.15, 0.2) is 30.6 Å². The normalized spacial score (nSPS) is 14.5. The van der Waals surface area contributed by atoms with Crippen molar-refractivity contribution in [2.45, 2.75) is 19.9 Å². The van der Waals surface area contributed by atoms with Crippen LogP contribution < -0.4 is 4.90 Å². The van der Waals surface area contributed by atoms with Gasteiger partial charge in [-0.25, -0.2) is 4.98 Å². The minimum atomic E-state index is 0.589. The molecule has 0 fully saturated rings. The van der Waals surface area contributed by atoms with E-state index in [4.69, 9.17) is 11.6 Å². The molecule has 3 aromatic rings. The zero-order valence-electron chi connectivity index (χ0n) is 11.6. The predicted octanol–water partition coefficient (Wildman–Crippen LogP) is 2.65. The van der Waals surface area contributed by atoms with Crippen molar-refractivity contribution in [3.63, 3.8) is 0 Å². The average molecular weight is 300 g/mol. The summed E-state index contributed by atoms with van der Waals surface area (Å²) in [6.45, 7) is 3.64. The molecule has 21 heavy (non-hydrogen) atoms. The standard InChI is InChI=1S/C15H14ClN5/c1-10-13(16)14(21-15(19-10)17-9-18-21)20-7-6-11-4-2-3-5-12(11)8-20/h2-5,9H,6-8H2,1H3. The van der Waals surface area contributed by atoms with Gasteiger partial charge in [-0.05, 0) is 24.5 Å². The monoisotopic (exact) mass is 299 g/mol. The average Bonchev–Trinajstić information content (AvgIpc) is 2.95. The molecule has 2 aromatic heterocycles. The van der Waals surface area contributed by atoms with E-state index in [0.717, 1.165) is 31.0 Å². The van der Waals surface area contributed by atoms with E-state index in [1.54, 1.807) is 4.52 Å². The van der Waals surface area contributed by atoms with Crippen molar-refractivity contribution in [1.82, 2.24) is 19.6 Å². The summed E-state index contributed by atoms with van der Waals surface area (Å²) in [7, 11) is 0. The van der Waals surface area contributed by atoms with E-state index < -0.39 is 0 Å². The number of hydrogen-bond acceptors (Lipinski definition) is 4. The molecule has 0 N–H and O–H groups in total. The first-order chi connectivity index (χ1) is 10.2. The summed E-state index contributed by atoms with van der Waals surface area (Å²) in [5.74, 6) is 1.47. The van der Waals surface area contributed by atoms with Gasteiger partial charge in [-0.2, -0.15) is 14.6 Å². The zero-order valence-corrected chi connectivity index (χ0v) is 12.4. The smallest absolute Gasteiger partial charge is 0.254 e. The van der Waals surface area contributed by atoms with Crippen molar-refractivity contribution < 1.29 is 0 Å². The lowest BCUT2D eigenvalue weighted by Gasteiger charge is -2.31. The Kier molecular flexibility index (Phi) is 2.82. The van der Waals surface area contributed by atoms with Gasteiger partial charge in [0.05, 0.1) is 5.69 Å². The van der Waals surface area contributed by atoms with Crippen LogP contribution in [0.5, 0.6) is 0 Å². The fraction of sp³-hybridized carbons (Fsp3) is 0.267. The summed E-state index contributed by atoms with van der Waals surface area (Å²) in [5, 5.41) is 4.91. The Morgan fingerprint density at radius 2 is 2.00 bits per heavy atom. The Morgan fingerprint density at radius 3 is 2.86 bits per heavy atom. The number of aromatic nitrogens is 4. The van der Waals surface area contributed by atoms with Crippen LogP contribution in [0.4, 0.5) is 5.82 Å². The maximum Gasteiger partial charge on any atom is 0.254 e. The highest BCUT2D eigenvalue weighted by Crippen LogP contribution is 2.31. The highest BCUT2D eigenvalue weighted by atomic mass is 35.5. The van der Waals surface area contributed by atoms with Crippen molar-refractivity contribution in [1.29, 1.82) is 0 Å². The van der Waals surface area contributed by atoms with E-state index >= 15 is 0 Å². The molecule has 0 saturated heterocycles. The molecule has 0 spiro atoms. The van der Waals surface area contributed by atoms with Crippen LogP contribution in [-0.4, -0.2) is 26.1 Å². The van der Waals surface area contributed by atoms with E-state index in [9.17, 15) is 0 Å². The fourth-order valence-electron chi connectivity index (χ4n) is 2.86. The number of aryl methyl sites for hydroxylation is 1. The topological polar surface area (TPSA) is 46.3 Å². The Balaban J connectivity index is 1.85. The molecule has 1 aromatic carbocycles. The molecule has 1 aliphatic rings. The Bertz CT molecular complexity index is 826. The molecule has 0 aliphatic carbocycles. The second kappa shape index (κ2) is 4.70. The van der Waals surface area contributed by atoms with Gasteiger partial charge in [-0.1, -0.05) is 35.9 Å². The van der Waals surface area contributed by atoms with E-state index in [0.29, 0.717) is 10.8 Å². The van der Waals surface area contributed by atoms with Gasteiger partial charge in [0.1, 0.15) is 11.3 Å². The second-order valence-electron chi connectivity index (χ2n) is 5.25. The maximum absolute atomic E-state index is 6.50. The number of benzene rings is 1. The van der Waals surface area contributed by atoms with Gasteiger partial charge >= 0.3 is 0 Å². The summed E-state index contributed by atoms with van der Waals surface area (Å²) in [4.78, 5) is 10.8. The summed E-state index contributed by atoms with van der Waals surface area (Å²) in [5.41, 5.74) is 3.53. The third-order valence-electron chi connectivity index (χ3n) is 3.94. The van der Waals surface area contributed by atoms with E-state index in [1.165, 1.54) is 17.5 Å². The number of hydrogen-bond donors (Lipinski definition) is 0. The van der Waals surface area contributed by atoms with Crippen LogP contribution in [0.3, 0.4) is 0 Å². The van der Waals surface area contributed by atoms with Crippen LogP contribution in [0.2, 0.25) is 5.02 Å². The highest BCUT2D eigenvalue weighted by Gasteiger charge is 2.22. The SMILES string of the molecule is Cc1nc2ncnn2c(N2CCc3ccccc3C2)c1Cl. The first-order valence-electron chi connectivity index (χ1n) is 6.91. The fourth-order valence-corrected chi connectivity index (χ4v) is 3.11. The highest BCUT2D eigenvalue weighted by molar-refractivity contribution is 6.33. The van der Waals surface area contributed by atoms with Crippen LogP contribution in [0, 0.1) is 6.92 Å². The molecular weight excluding hydrogens is 286 g/mol. The van der Waals surface area contributed by atoms with Gasteiger partial charge in [0.2, 0.25) is 0 Å². The molecule has 0 radical (unpaired) electrons. The Hall–Kier alpha value is -2.14. The second-order valence-corrected chi connectivity index (χ2v) is 5.62. The van der Waals surface area contributed by atoms with Crippen molar-refractivity contribution >= 4 is 23.2 Å². The molecule has 0 bridgehead atoms. The maximum atomic E-state index is 6.50. The first kappa shape index (κ1) is 12.6. The quantitative estimate of drug-likeness (QED) is 0.693. The van der Waals surface area contributed by atoms with Gasteiger partial charge in [0.25, 0.3) is 5.78 Å². The lowest BCUT2D eigenvalue weighted by Crippen LogP contribution is -2.32. The molecule has 6 heteroatoms. The van der Waals surface area contributed by atoms with Crippen LogP contribution in [0.25, 0.3) is 5.78 Å². The molecule has 1 aliphatic heterocycles. The predicted molar refractivity (Wildman–Crippen MR) is 81.7 cm³/mol. The van der Waals surface area contributed by atoms with Crippen molar-refractivity contribution in [2.24, 2.45) is 0 Å². The van der Waals surface area contributed by atoms with E-state index in [-0.39, 0.29) is 0 Å². The largest absolute Gasteiger partial charge is 0.350 e. The number of fused-ring (bicyclic) bond motifs is 2. The lowest BCUT2D eigenvalue weighted by atomic mass is 10.00. The summed E-state index contributed by atoms with van der Waals surface area (Å²) in [6.07, 6.45) is 2.52. The first-order valence-corrected chi connectivity index (χ1v) is 7.29. The zero-order chi connectivity index (χ0) is 14.4. The van der Waals surface area contributed by atoms with Gasteiger partial charge in [-0.15, -0.1) is 0 Å². The van der Waals surface area contributed by atoms with Crippen molar-refractivity contribution in [2.75, 3.05) is 11.4 Å². The summed E-state index contributed by atoms with van der Waals surface area (Å²) < 4.78 is 1.73. The van der Waals surface area contributed by atoms with Gasteiger partial charge in [-0.3, -0.25) is 0 Å². The lowest BCUT2D eigenvalue weighted by molar-refractivity contribution is 0.702. The van der Waals surface area contributed by atoms with E-state index in [1.807, 2.05) is 6.92 Å². The molecule has 0 atom stereocenters. The van der Waals surface area contributed by atoms with Gasteiger partial charge < -0.3 is 4.90 Å². The third kappa shape index (κ3) is 1.96. The molecule has 5 nitrogen and oxygen atoms in total. The number of anilines is 1. The van der Waals surface area contributed by atoms with Crippen LogP contribution in [0.1, 0.15) is 16.8 Å². The molecule has 0 saturated carbocycles.